The molecule has 3 N–H and O–H groups in total. The van der Waals surface area contributed by atoms with Gasteiger partial charge in [0.05, 0.1) is 6.04 Å². The number of nitrogen functional groups attached to an aromatic ring is 1. The molecular weight excluding hydrogens is 288 g/mol. The van der Waals surface area contributed by atoms with Crippen LogP contribution in [0.5, 0.6) is 0 Å². The van der Waals surface area contributed by atoms with Crippen LogP contribution in [0, 0.1) is 0 Å². The molecule has 21 heavy (non-hydrogen) atoms. The van der Waals surface area contributed by atoms with E-state index in [0.29, 0.717) is 23.8 Å². The number of nitrogens with two attached hydrogens (primary N) is 1. The molecule has 7 nitrogen and oxygen atoms in total. The summed E-state index contributed by atoms with van der Waals surface area (Å²) in [7, 11) is 0. The van der Waals surface area contributed by atoms with E-state index in [-0.39, 0.29) is 5.91 Å². The fraction of sp³-hybridized carbons (Fsp3) is 0.385. The van der Waals surface area contributed by atoms with Crippen molar-refractivity contribution in [3.8, 4) is 0 Å². The Bertz CT molecular complexity index is 666. The highest BCUT2D eigenvalue weighted by atomic mass is 32.2. The fourth-order valence-electron chi connectivity index (χ4n) is 1.94. The van der Waals surface area contributed by atoms with Gasteiger partial charge in [-0.25, -0.2) is 4.68 Å². The second-order valence-electron chi connectivity index (χ2n) is 4.85. The number of hydrogen-bond donors (Lipinski definition) is 2. The number of carbonyl (C=O) groups is 1. The van der Waals surface area contributed by atoms with Gasteiger partial charge < -0.3 is 11.1 Å². The molecule has 0 atom stereocenters. The molecule has 110 valence electrons. The minimum Gasteiger partial charge on any atom is -0.398 e. The molecule has 0 radical (unpaired) electrons. The molecule has 3 rings (SSSR count). The van der Waals surface area contributed by atoms with E-state index in [0.717, 1.165) is 22.9 Å². The van der Waals surface area contributed by atoms with Crippen molar-refractivity contribution >= 4 is 23.4 Å². The van der Waals surface area contributed by atoms with Gasteiger partial charge in [-0.05, 0) is 60.2 Å². The van der Waals surface area contributed by atoms with Crippen molar-refractivity contribution < 1.29 is 4.79 Å². The number of benzene rings is 1. The van der Waals surface area contributed by atoms with Crippen LogP contribution in [0.2, 0.25) is 0 Å². The molecule has 1 amide bonds. The van der Waals surface area contributed by atoms with Crippen LogP contribution in [0.3, 0.4) is 0 Å². The van der Waals surface area contributed by atoms with Crippen LogP contribution >= 0.6 is 11.8 Å². The maximum Gasteiger partial charge on any atom is 0.251 e. The zero-order valence-electron chi connectivity index (χ0n) is 11.6. The molecule has 0 unspecified atom stereocenters. The molecule has 0 spiro atoms. The molecule has 8 heteroatoms. The van der Waals surface area contributed by atoms with Gasteiger partial charge in [-0.15, -0.1) is 5.10 Å². The molecule has 1 aliphatic carbocycles. The van der Waals surface area contributed by atoms with Gasteiger partial charge in [0.2, 0.25) is 5.16 Å². The average Bonchev–Trinajstić information content (AvgIpc) is 3.21. The molecule has 0 aliphatic heterocycles. The summed E-state index contributed by atoms with van der Waals surface area (Å²) in [6.07, 6.45) is 2.23. The third-order valence-electron chi connectivity index (χ3n) is 3.17. The third kappa shape index (κ3) is 2.99. The number of nitrogens with zero attached hydrogens (tertiary/aromatic N) is 4. The van der Waals surface area contributed by atoms with E-state index >= 15 is 0 Å². The number of anilines is 1. The van der Waals surface area contributed by atoms with Crippen molar-refractivity contribution in [3.05, 3.63) is 23.8 Å². The van der Waals surface area contributed by atoms with Gasteiger partial charge in [0.25, 0.3) is 5.91 Å². The molecule has 1 fully saturated rings. The number of carbonyl (C=O) groups excluding carboxylic acids is 1. The van der Waals surface area contributed by atoms with Crippen molar-refractivity contribution in [2.75, 3.05) is 12.3 Å². The van der Waals surface area contributed by atoms with Crippen LogP contribution in [0.4, 0.5) is 5.69 Å². The smallest absolute Gasteiger partial charge is 0.251 e. The summed E-state index contributed by atoms with van der Waals surface area (Å²) in [5.41, 5.74) is 7.14. The van der Waals surface area contributed by atoms with Crippen LogP contribution < -0.4 is 11.1 Å². The molecule has 1 aliphatic rings. The van der Waals surface area contributed by atoms with E-state index in [2.05, 4.69) is 20.8 Å². The SMILES string of the molecule is CCNC(=O)c1ccc(Sc2nnnn2C2CC2)c(N)c1. The van der Waals surface area contributed by atoms with Crippen molar-refractivity contribution in [2.45, 2.75) is 35.9 Å². The lowest BCUT2D eigenvalue weighted by Crippen LogP contribution is -2.22. The Morgan fingerprint density at radius 2 is 2.33 bits per heavy atom. The lowest BCUT2D eigenvalue weighted by atomic mass is 10.2. The maximum absolute atomic E-state index is 11.8. The van der Waals surface area contributed by atoms with Crippen molar-refractivity contribution in [1.29, 1.82) is 0 Å². The van der Waals surface area contributed by atoms with Gasteiger partial charge in [0.1, 0.15) is 0 Å². The van der Waals surface area contributed by atoms with E-state index in [1.165, 1.54) is 11.8 Å². The quantitative estimate of drug-likeness (QED) is 0.812. The molecule has 1 saturated carbocycles. The van der Waals surface area contributed by atoms with Gasteiger partial charge in [-0.1, -0.05) is 0 Å². The molecular formula is C13H16N6OS. The van der Waals surface area contributed by atoms with E-state index in [1.54, 1.807) is 12.1 Å². The summed E-state index contributed by atoms with van der Waals surface area (Å²) >= 11 is 1.42. The number of rotatable bonds is 5. The summed E-state index contributed by atoms with van der Waals surface area (Å²) in [5, 5.41) is 15.2. The molecule has 2 aromatic rings. The lowest BCUT2D eigenvalue weighted by molar-refractivity contribution is 0.0956. The van der Waals surface area contributed by atoms with Gasteiger partial charge in [-0.2, -0.15) is 0 Å². The van der Waals surface area contributed by atoms with Gasteiger partial charge in [-0.3, -0.25) is 4.79 Å². The Balaban J connectivity index is 1.79. The minimum absolute atomic E-state index is 0.122. The highest BCUT2D eigenvalue weighted by Gasteiger charge is 2.28. The summed E-state index contributed by atoms with van der Waals surface area (Å²) in [4.78, 5) is 12.6. The monoisotopic (exact) mass is 304 g/mol. The lowest BCUT2D eigenvalue weighted by Gasteiger charge is -2.08. The minimum atomic E-state index is -0.122. The largest absolute Gasteiger partial charge is 0.398 e. The number of aromatic nitrogens is 4. The second-order valence-corrected chi connectivity index (χ2v) is 5.86. The molecule has 0 saturated heterocycles. The van der Waals surface area contributed by atoms with Crippen molar-refractivity contribution in [1.82, 2.24) is 25.5 Å². The van der Waals surface area contributed by atoms with Crippen molar-refractivity contribution in [2.24, 2.45) is 0 Å². The number of amides is 1. The molecule has 1 heterocycles. The molecule has 1 aromatic carbocycles. The van der Waals surface area contributed by atoms with Crippen LogP contribution in [0.15, 0.2) is 28.3 Å². The maximum atomic E-state index is 11.8. The van der Waals surface area contributed by atoms with E-state index < -0.39 is 0 Å². The van der Waals surface area contributed by atoms with E-state index in [1.807, 2.05) is 17.7 Å². The highest BCUT2D eigenvalue weighted by Crippen LogP contribution is 2.39. The Hall–Kier alpha value is -2.09. The predicted octanol–water partition coefficient (Wildman–Crippen LogP) is 1.49. The summed E-state index contributed by atoms with van der Waals surface area (Å²) in [6, 6.07) is 5.68. The summed E-state index contributed by atoms with van der Waals surface area (Å²) in [6.45, 7) is 2.47. The van der Waals surface area contributed by atoms with Gasteiger partial charge in [0, 0.05) is 22.7 Å². The first-order valence-electron chi connectivity index (χ1n) is 6.82. The summed E-state index contributed by atoms with van der Waals surface area (Å²) in [5.74, 6) is -0.122. The topological polar surface area (TPSA) is 98.7 Å². The second kappa shape index (κ2) is 5.72. The van der Waals surface area contributed by atoms with Gasteiger partial charge >= 0.3 is 0 Å². The fourth-order valence-corrected chi connectivity index (χ4v) is 2.81. The molecule has 1 aromatic heterocycles. The normalized spacial score (nSPS) is 14.1. The van der Waals surface area contributed by atoms with Crippen molar-refractivity contribution in [3.63, 3.8) is 0 Å². The Kier molecular flexibility index (Phi) is 3.78. The van der Waals surface area contributed by atoms with E-state index in [4.69, 9.17) is 5.73 Å². The zero-order chi connectivity index (χ0) is 14.8. The average molecular weight is 304 g/mol. The number of nitrogens with one attached hydrogen (secondary N) is 1. The standard InChI is InChI=1S/C13H16N6OS/c1-2-15-12(20)8-3-6-11(10(14)7-8)21-13-16-17-18-19(13)9-4-5-9/h3,6-7,9H,2,4-5,14H2,1H3,(H,15,20). The third-order valence-corrected chi connectivity index (χ3v) is 4.21. The first-order chi connectivity index (χ1) is 10.2. The Morgan fingerprint density at radius 3 is 3.00 bits per heavy atom. The Labute approximate surface area is 126 Å². The zero-order valence-corrected chi connectivity index (χ0v) is 12.4. The van der Waals surface area contributed by atoms with Crippen LogP contribution in [0.25, 0.3) is 0 Å². The molecule has 0 bridgehead atoms. The van der Waals surface area contributed by atoms with Crippen LogP contribution in [-0.2, 0) is 0 Å². The van der Waals surface area contributed by atoms with Gasteiger partial charge in [0.15, 0.2) is 0 Å². The number of tetrazole rings is 1. The first-order valence-corrected chi connectivity index (χ1v) is 7.64. The highest BCUT2D eigenvalue weighted by molar-refractivity contribution is 7.99. The summed E-state index contributed by atoms with van der Waals surface area (Å²) < 4.78 is 1.84. The van der Waals surface area contributed by atoms with E-state index in [9.17, 15) is 4.79 Å². The Morgan fingerprint density at radius 1 is 1.52 bits per heavy atom. The predicted molar refractivity (Wildman–Crippen MR) is 79.1 cm³/mol. The number of hydrogen-bond acceptors (Lipinski definition) is 6. The first kappa shape index (κ1) is 13.9. The van der Waals surface area contributed by atoms with Crippen LogP contribution in [0.1, 0.15) is 36.2 Å². The van der Waals surface area contributed by atoms with Crippen LogP contribution in [-0.4, -0.2) is 32.7 Å².